The fourth-order valence-electron chi connectivity index (χ4n) is 0.393. The molecule has 0 bridgehead atoms. The molecule has 0 saturated heterocycles. The summed E-state index contributed by atoms with van der Waals surface area (Å²) >= 11 is 1.29. The summed E-state index contributed by atoms with van der Waals surface area (Å²) < 4.78 is 34.5. The molecule has 0 aromatic carbocycles. The highest BCUT2D eigenvalue weighted by atomic mass is 32.2. The lowest BCUT2D eigenvalue weighted by Crippen LogP contribution is -2.28. The van der Waals surface area contributed by atoms with Gasteiger partial charge in [0, 0.05) is 0 Å². The van der Waals surface area contributed by atoms with Crippen molar-refractivity contribution in [3.8, 4) is 0 Å². The van der Waals surface area contributed by atoms with Gasteiger partial charge in [-0.1, -0.05) is 0 Å². The maximum absolute atomic E-state index is 11.5. The Bertz CT molecular complexity index is 93.4. The summed E-state index contributed by atoms with van der Waals surface area (Å²) in [5.74, 6) is 0.334. The molecule has 1 nitrogen and oxygen atoms in total. The summed E-state index contributed by atoms with van der Waals surface area (Å²) in [6, 6.07) is 0. The van der Waals surface area contributed by atoms with Crippen LogP contribution in [0.2, 0.25) is 0 Å². The van der Waals surface area contributed by atoms with E-state index in [1.165, 1.54) is 11.8 Å². The van der Waals surface area contributed by atoms with E-state index in [2.05, 4.69) is 0 Å². The highest BCUT2D eigenvalue weighted by molar-refractivity contribution is 7.98. The van der Waals surface area contributed by atoms with Crippen molar-refractivity contribution in [1.82, 2.24) is 0 Å². The van der Waals surface area contributed by atoms with Gasteiger partial charge in [0.05, 0.1) is 0 Å². The summed E-state index contributed by atoms with van der Waals surface area (Å²) in [5.41, 5.74) is 0. The van der Waals surface area contributed by atoms with E-state index < -0.39 is 12.3 Å². The van der Waals surface area contributed by atoms with Gasteiger partial charge in [-0.2, -0.15) is 24.9 Å². The SMILES string of the molecule is CSCC[C@@H](O)C(F)(F)F. The molecule has 1 N–H and O–H groups in total. The fraction of sp³-hybridized carbons (Fsp3) is 1.00. The van der Waals surface area contributed by atoms with Gasteiger partial charge in [-0.25, -0.2) is 0 Å². The normalized spacial score (nSPS) is 15.3. The predicted octanol–water partition coefficient (Wildman–Crippen LogP) is 1.66. The van der Waals surface area contributed by atoms with Crippen molar-refractivity contribution in [1.29, 1.82) is 0 Å². The van der Waals surface area contributed by atoms with Gasteiger partial charge in [0.1, 0.15) is 0 Å². The molecule has 0 radical (unpaired) electrons. The molecule has 10 heavy (non-hydrogen) atoms. The van der Waals surface area contributed by atoms with E-state index in [0.717, 1.165) is 0 Å². The lowest BCUT2D eigenvalue weighted by Gasteiger charge is -2.12. The van der Waals surface area contributed by atoms with E-state index in [1.54, 1.807) is 6.26 Å². The molecule has 0 unspecified atom stereocenters. The minimum atomic E-state index is -4.45. The third-order valence-corrected chi connectivity index (χ3v) is 1.62. The quantitative estimate of drug-likeness (QED) is 0.702. The van der Waals surface area contributed by atoms with Crippen LogP contribution in [0.15, 0.2) is 0 Å². The average Bonchev–Trinajstić information content (AvgIpc) is 1.80. The molecular formula is C5H9F3OS. The molecule has 0 aliphatic carbocycles. The van der Waals surface area contributed by atoms with Gasteiger partial charge < -0.3 is 5.11 Å². The van der Waals surface area contributed by atoms with Crippen molar-refractivity contribution in [2.75, 3.05) is 12.0 Å². The second-order valence-corrected chi connectivity index (χ2v) is 2.82. The Morgan fingerprint density at radius 3 is 2.30 bits per heavy atom. The molecular weight excluding hydrogens is 165 g/mol. The van der Waals surface area contributed by atoms with E-state index in [9.17, 15) is 13.2 Å². The van der Waals surface area contributed by atoms with Gasteiger partial charge in [0.25, 0.3) is 0 Å². The molecule has 1 atom stereocenters. The van der Waals surface area contributed by atoms with Gasteiger partial charge >= 0.3 is 6.18 Å². The Labute approximate surface area is 61.6 Å². The van der Waals surface area contributed by atoms with E-state index >= 15 is 0 Å². The molecule has 0 aliphatic rings. The number of hydrogen-bond acceptors (Lipinski definition) is 2. The van der Waals surface area contributed by atoms with Gasteiger partial charge in [-0.05, 0) is 18.4 Å². The summed E-state index contributed by atoms with van der Waals surface area (Å²) in [6.07, 6.45) is -5.12. The van der Waals surface area contributed by atoms with E-state index in [-0.39, 0.29) is 6.42 Å². The van der Waals surface area contributed by atoms with Crippen LogP contribution in [0, 0.1) is 0 Å². The largest absolute Gasteiger partial charge is 0.414 e. The van der Waals surface area contributed by atoms with Gasteiger partial charge in [0.15, 0.2) is 6.10 Å². The first-order valence-electron chi connectivity index (χ1n) is 2.72. The highest BCUT2D eigenvalue weighted by Crippen LogP contribution is 2.22. The Morgan fingerprint density at radius 2 is 2.00 bits per heavy atom. The maximum atomic E-state index is 11.5. The van der Waals surface area contributed by atoms with Crippen LogP contribution in [0.25, 0.3) is 0 Å². The summed E-state index contributed by atoms with van der Waals surface area (Å²) in [4.78, 5) is 0. The zero-order valence-electron chi connectivity index (χ0n) is 5.48. The number of hydrogen-bond donors (Lipinski definition) is 1. The molecule has 0 amide bonds. The van der Waals surface area contributed by atoms with Crippen molar-refractivity contribution in [3.63, 3.8) is 0 Å². The molecule has 0 rings (SSSR count). The number of aliphatic hydroxyl groups is 1. The number of halogens is 3. The van der Waals surface area contributed by atoms with Crippen LogP contribution in [0.5, 0.6) is 0 Å². The lowest BCUT2D eigenvalue weighted by atomic mass is 10.3. The van der Waals surface area contributed by atoms with Gasteiger partial charge in [-0.15, -0.1) is 0 Å². The van der Waals surface area contributed by atoms with Crippen LogP contribution < -0.4 is 0 Å². The van der Waals surface area contributed by atoms with Crippen molar-refractivity contribution in [2.24, 2.45) is 0 Å². The first-order chi connectivity index (χ1) is 4.48. The van der Waals surface area contributed by atoms with Gasteiger partial charge in [0.2, 0.25) is 0 Å². The van der Waals surface area contributed by atoms with Crippen molar-refractivity contribution >= 4 is 11.8 Å². The minimum absolute atomic E-state index is 0.218. The standard InChI is InChI=1S/C5H9F3OS/c1-10-3-2-4(9)5(6,7)8/h4,9H,2-3H2,1H3/t4-/m1/s1. The molecule has 0 spiro atoms. The maximum Gasteiger partial charge on any atom is 0.414 e. The van der Waals surface area contributed by atoms with Crippen molar-refractivity contribution < 1.29 is 18.3 Å². The van der Waals surface area contributed by atoms with Crippen LogP contribution in [0.1, 0.15) is 6.42 Å². The number of rotatable bonds is 3. The zero-order chi connectivity index (χ0) is 8.20. The molecule has 0 heterocycles. The average molecular weight is 174 g/mol. The van der Waals surface area contributed by atoms with Gasteiger partial charge in [-0.3, -0.25) is 0 Å². The van der Waals surface area contributed by atoms with Crippen LogP contribution in [-0.4, -0.2) is 29.4 Å². The zero-order valence-corrected chi connectivity index (χ0v) is 6.30. The molecule has 0 aromatic rings. The van der Waals surface area contributed by atoms with Crippen molar-refractivity contribution in [3.05, 3.63) is 0 Å². The summed E-state index contributed by atoms with van der Waals surface area (Å²) in [6.45, 7) is 0. The van der Waals surface area contributed by atoms with Crippen molar-refractivity contribution in [2.45, 2.75) is 18.7 Å². The number of alkyl halides is 3. The smallest absolute Gasteiger partial charge is 0.384 e. The second-order valence-electron chi connectivity index (χ2n) is 1.84. The van der Waals surface area contributed by atoms with Crippen LogP contribution in [0.4, 0.5) is 13.2 Å². The number of thioether (sulfide) groups is 1. The minimum Gasteiger partial charge on any atom is -0.384 e. The summed E-state index contributed by atoms with van der Waals surface area (Å²) in [7, 11) is 0. The first kappa shape index (κ1) is 10.1. The highest BCUT2D eigenvalue weighted by Gasteiger charge is 2.37. The summed E-state index contributed by atoms with van der Waals surface area (Å²) in [5, 5.41) is 8.38. The first-order valence-corrected chi connectivity index (χ1v) is 4.11. The van der Waals surface area contributed by atoms with Crippen LogP contribution in [-0.2, 0) is 0 Å². The molecule has 0 aromatic heterocycles. The molecule has 0 aliphatic heterocycles. The Hall–Kier alpha value is 0.100. The fourth-order valence-corrected chi connectivity index (χ4v) is 0.852. The topological polar surface area (TPSA) is 20.2 Å². The molecule has 0 saturated carbocycles. The van der Waals surface area contributed by atoms with E-state index in [0.29, 0.717) is 5.75 Å². The third kappa shape index (κ3) is 4.00. The number of aliphatic hydroxyl groups excluding tert-OH is 1. The molecule has 5 heteroatoms. The third-order valence-electron chi connectivity index (χ3n) is 0.973. The molecule has 62 valence electrons. The van der Waals surface area contributed by atoms with E-state index in [1.807, 2.05) is 0 Å². The second kappa shape index (κ2) is 4.08. The monoisotopic (exact) mass is 174 g/mol. The van der Waals surface area contributed by atoms with E-state index in [4.69, 9.17) is 5.11 Å². The predicted molar refractivity (Wildman–Crippen MR) is 35.1 cm³/mol. The van der Waals surface area contributed by atoms with Crippen LogP contribution in [0.3, 0.4) is 0 Å². The molecule has 0 fully saturated rings. The van der Waals surface area contributed by atoms with Crippen LogP contribution >= 0.6 is 11.8 Å². The lowest BCUT2D eigenvalue weighted by molar-refractivity contribution is -0.203. The Kier molecular flexibility index (Phi) is 4.12. The Balaban J connectivity index is 3.52. The Morgan fingerprint density at radius 1 is 1.50 bits per heavy atom.